The Bertz CT molecular complexity index is 701. The number of nitrogens with zero attached hydrogens (tertiary/aromatic N) is 3. The molecule has 4 rings (SSSR count). The molecule has 0 aliphatic carbocycles. The van der Waals surface area contributed by atoms with Crippen molar-refractivity contribution in [2.45, 2.75) is 18.5 Å². The highest BCUT2D eigenvalue weighted by Gasteiger charge is 2.47. The molecule has 1 aromatic carbocycles. The number of anilines is 1. The summed E-state index contributed by atoms with van der Waals surface area (Å²) in [5.74, 6) is 1.18. The average Bonchev–Trinajstić information content (AvgIpc) is 3.23. The summed E-state index contributed by atoms with van der Waals surface area (Å²) in [6, 6.07) is 14.0. The summed E-state index contributed by atoms with van der Waals surface area (Å²) in [6.45, 7) is 4.05. The van der Waals surface area contributed by atoms with Gasteiger partial charge in [-0.25, -0.2) is 0 Å². The Morgan fingerprint density at radius 1 is 1.12 bits per heavy atom. The number of hydrogen-bond acceptors (Lipinski definition) is 4. The third-order valence-electron chi connectivity index (χ3n) is 5.37. The van der Waals surface area contributed by atoms with Crippen molar-refractivity contribution < 1.29 is 9.21 Å². The number of rotatable bonds is 3. The van der Waals surface area contributed by atoms with Gasteiger partial charge in [-0.3, -0.25) is 14.6 Å². The molecule has 0 unspecified atom stereocenters. The molecule has 1 spiro atoms. The Morgan fingerprint density at radius 2 is 1.96 bits per heavy atom. The van der Waals surface area contributed by atoms with Crippen LogP contribution >= 0.6 is 0 Å². The lowest BCUT2D eigenvalue weighted by molar-refractivity contribution is -0.123. The molecule has 0 saturated carbocycles. The predicted molar refractivity (Wildman–Crippen MR) is 92.8 cm³/mol. The molecule has 1 atom stereocenters. The van der Waals surface area contributed by atoms with E-state index in [9.17, 15) is 4.79 Å². The van der Waals surface area contributed by atoms with Gasteiger partial charge in [-0.05, 0) is 37.7 Å². The fraction of sp³-hybridized carbons (Fsp3) is 0.421. The molecule has 1 amide bonds. The number of carbonyl (C=O) groups is 1. The number of carbonyl (C=O) groups excluding carboxylic acids is 1. The van der Waals surface area contributed by atoms with Crippen molar-refractivity contribution in [3.05, 3.63) is 54.5 Å². The smallest absolute Gasteiger partial charge is 0.241 e. The lowest BCUT2D eigenvalue weighted by atomic mass is 9.92. The van der Waals surface area contributed by atoms with Crippen molar-refractivity contribution in [2.24, 2.45) is 0 Å². The molecule has 2 aliphatic rings. The zero-order valence-electron chi connectivity index (χ0n) is 14.0. The molecule has 2 fully saturated rings. The van der Waals surface area contributed by atoms with E-state index in [1.54, 1.807) is 6.26 Å². The lowest BCUT2D eigenvalue weighted by Gasteiger charge is -2.47. The number of amides is 1. The van der Waals surface area contributed by atoms with Crippen molar-refractivity contribution in [1.82, 2.24) is 9.80 Å². The average molecular weight is 325 g/mol. The van der Waals surface area contributed by atoms with E-state index in [-0.39, 0.29) is 11.4 Å². The Balaban J connectivity index is 1.52. The number of likely N-dealkylation sites (N-methyl/N-ethyl adjacent to an activating group) is 1. The third-order valence-corrected chi connectivity index (χ3v) is 5.37. The normalized spacial score (nSPS) is 25.7. The molecule has 24 heavy (non-hydrogen) atoms. The molecule has 2 aliphatic heterocycles. The molecule has 0 bridgehead atoms. The maximum Gasteiger partial charge on any atom is 0.241 e. The molecule has 0 radical (unpaired) electrons. The summed E-state index contributed by atoms with van der Waals surface area (Å²) in [5.41, 5.74) is 1.02. The van der Waals surface area contributed by atoms with Gasteiger partial charge in [0.25, 0.3) is 0 Å². The first kappa shape index (κ1) is 15.4. The summed E-state index contributed by atoms with van der Waals surface area (Å²) in [5, 5.41) is 0. The first-order valence-electron chi connectivity index (χ1n) is 8.48. The first-order valence-corrected chi connectivity index (χ1v) is 8.48. The van der Waals surface area contributed by atoms with Gasteiger partial charge in [-0.15, -0.1) is 0 Å². The van der Waals surface area contributed by atoms with Gasteiger partial charge in [0.2, 0.25) is 5.91 Å². The van der Waals surface area contributed by atoms with Crippen LogP contribution < -0.4 is 4.90 Å². The van der Waals surface area contributed by atoms with E-state index in [2.05, 4.69) is 16.8 Å². The van der Waals surface area contributed by atoms with E-state index in [0.29, 0.717) is 6.54 Å². The Hall–Kier alpha value is -2.11. The van der Waals surface area contributed by atoms with Crippen LogP contribution in [0, 0.1) is 0 Å². The van der Waals surface area contributed by atoms with Gasteiger partial charge in [-0.2, -0.15) is 0 Å². The summed E-state index contributed by atoms with van der Waals surface area (Å²) in [4.78, 5) is 19.2. The minimum atomic E-state index is 0.0242. The largest absolute Gasteiger partial charge is 0.468 e. The van der Waals surface area contributed by atoms with Crippen LogP contribution in [0.5, 0.6) is 0 Å². The standard InChI is InChI=1S/C19H23N3O2/c1-20-13-18(23)22(16-6-3-2-4-7-16)15-19(20)9-10-21(14-19)12-17-8-5-11-24-17/h2-8,11H,9-10,12-15H2,1H3/t19-/m1/s1. The van der Waals surface area contributed by atoms with E-state index in [1.165, 1.54) is 0 Å². The van der Waals surface area contributed by atoms with Crippen LogP contribution in [0.2, 0.25) is 0 Å². The number of para-hydroxylation sites is 1. The SMILES string of the molecule is CN1CC(=O)N(c2ccccc2)C[C@]12CCN(Cc1ccco1)C2. The monoisotopic (exact) mass is 325 g/mol. The van der Waals surface area contributed by atoms with Crippen molar-refractivity contribution in [2.75, 3.05) is 38.1 Å². The molecule has 126 valence electrons. The predicted octanol–water partition coefficient (Wildman–Crippen LogP) is 2.20. The maximum atomic E-state index is 12.5. The maximum absolute atomic E-state index is 12.5. The van der Waals surface area contributed by atoms with Gasteiger partial charge < -0.3 is 9.32 Å². The fourth-order valence-electron chi connectivity index (χ4n) is 3.94. The van der Waals surface area contributed by atoms with E-state index in [1.807, 2.05) is 47.4 Å². The van der Waals surface area contributed by atoms with Crippen LogP contribution in [-0.2, 0) is 11.3 Å². The zero-order valence-corrected chi connectivity index (χ0v) is 14.0. The van der Waals surface area contributed by atoms with Gasteiger partial charge in [0.1, 0.15) is 5.76 Å². The summed E-state index contributed by atoms with van der Waals surface area (Å²) < 4.78 is 5.49. The molecule has 2 saturated heterocycles. The number of likely N-dealkylation sites (tertiary alicyclic amines) is 1. The molecule has 0 N–H and O–H groups in total. The molecule has 5 heteroatoms. The van der Waals surface area contributed by atoms with Crippen LogP contribution in [0.1, 0.15) is 12.2 Å². The van der Waals surface area contributed by atoms with Crippen molar-refractivity contribution in [3.8, 4) is 0 Å². The summed E-state index contributed by atoms with van der Waals surface area (Å²) in [7, 11) is 2.08. The van der Waals surface area contributed by atoms with Crippen LogP contribution in [-0.4, -0.2) is 54.5 Å². The Kier molecular flexibility index (Phi) is 3.90. The van der Waals surface area contributed by atoms with E-state index >= 15 is 0 Å². The first-order chi connectivity index (χ1) is 11.7. The highest BCUT2D eigenvalue weighted by molar-refractivity contribution is 5.96. The molecular formula is C19H23N3O2. The topological polar surface area (TPSA) is 39.9 Å². The highest BCUT2D eigenvalue weighted by Crippen LogP contribution is 2.33. The Morgan fingerprint density at radius 3 is 2.71 bits per heavy atom. The van der Waals surface area contributed by atoms with Crippen LogP contribution in [0.4, 0.5) is 5.69 Å². The number of benzene rings is 1. The van der Waals surface area contributed by atoms with Gasteiger partial charge in [0, 0.05) is 25.3 Å². The second kappa shape index (κ2) is 6.07. The number of piperazine rings is 1. The minimum absolute atomic E-state index is 0.0242. The van der Waals surface area contributed by atoms with E-state index in [4.69, 9.17) is 4.42 Å². The van der Waals surface area contributed by atoms with Crippen LogP contribution in [0.25, 0.3) is 0 Å². The Labute approximate surface area is 142 Å². The highest BCUT2D eigenvalue weighted by atomic mass is 16.3. The van der Waals surface area contributed by atoms with Crippen LogP contribution in [0.15, 0.2) is 53.1 Å². The van der Waals surface area contributed by atoms with Crippen molar-refractivity contribution in [1.29, 1.82) is 0 Å². The van der Waals surface area contributed by atoms with Gasteiger partial charge in [-0.1, -0.05) is 18.2 Å². The third kappa shape index (κ3) is 2.74. The van der Waals surface area contributed by atoms with E-state index < -0.39 is 0 Å². The summed E-state index contributed by atoms with van der Waals surface area (Å²) >= 11 is 0. The fourth-order valence-corrected chi connectivity index (χ4v) is 3.94. The zero-order chi connectivity index (χ0) is 16.6. The molecule has 2 aromatic rings. The number of hydrogen-bond donors (Lipinski definition) is 0. The van der Waals surface area contributed by atoms with E-state index in [0.717, 1.165) is 44.0 Å². The van der Waals surface area contributed by atoms with Crippen molar-refractivity contribution in [3.63, 3.8) is 0 Å². The summed E-state index contributed by atoms with van der Waals surface area (Å²) in [6.07, 6.45) is 2.80. The number of furan rings is 1. The second-order valence-corrected chi connectivity index (χ2v) is 6.94. The molecular weight excluding hydrogens is 302 g/mol. The second-order valence-electron chi connectivity index (χ2n) is 6.94. The van der Waals surface area contributed by atoms with Gasteiger partial charge in [0.05, 0.1) is 24.9 Å². The quantitative estimate of drug-likeness (QED) is 0.867. The minimum Gasteiger partial charge on any atom is -0.468 e. The molecule has 5 nitrogen and oxygen atoms in total. The molecule has 3 heterocycles. The lowest BCUT2D eigenvalue weighted by Crippen LogP contribution is -2.64. The molecule has 1 aromatic heterocycles. The van der Waals surface area contributed by atoms with Gasteiger partial charge >= 0.3 is 0 Å². The van der Waals surface area contributed by atoms with Crippen molar-refractivity contribution >= 4 is 11.6 Å². The van der Waals surface area contributed by atoms with Gasteiger partial charge in [0.15, 0.2) is 0 Å². The van der Waals surface area contributed by atoms with Crippen LogP contribution in [0.3, 0.4) is 0 Å².